The van der Waals surface area contributed by atoms with E-state index in [0.29, 0.717) is 22.9 Å². The molecule has 1 unspecified atom stereocenters. The standard InChI is InChI=1S/C24H26N2O2/c1-16-11-12-20(18(3)14-16)26-23(27)21(19-9-5-4-6-10-19)22(24(26)28)25-13-7-8-17(2)15-25/h4-6,9-12,14,17H,7-8,13,15H2,1-3H3. The van der Waals surface area contributed by atoms with Crippen LogP contribution in [0.4, 0.5) is 5.69 Å². The number of likely N-dealkylation sites (tertiary alicyclic amines) is 1. The SMILES string of the molecule is Cc1ccc(N2C(=O)C(c3ccccc3)=C(N3CCCC(C)C3)C2=O)c(C)c1. The second kappa shape index (κ2) is 7.27. The van der Waals surface area contributed by atoms with Crippen molar-refractivity contribution in [3.05, 3.63) is 70.9 Å². The van der Waals surface area contributed by atoms with Crippen LogP contribution in [0, 0.1) is 19.8 Å². The Kier molecular flexibility index (Phi) is 4.80. The lowest BCUT2D eigenvalue weighted by molar-refractivity contribution is -0.120. The van der Waals surface area contributed by atoms with Crippen LogP contribution in [0.5, 0.6) is 0 Å². The quantitative estimate of drug-likeness (QED) is 0.751. The summed E-state index contributed by atoms with van der Waals surface area (Å²) in [6, 6.07) is 15.4. The van der Waals surface area contributed by atoms with Crippen molar-refractivity contribution >= 4 is 23.1 Å². The molecule has 0 spiro atoms. The van der Waals surface area contributed by atoms with Gasteiger partial charge in [-0.2, -0.15) is 0 Å². The monoisotopic (exact) mass is 374 g/mol. The zero-order valence-corrected chi connectivity index (χ0v) is 16.7. The van der Waals surface area contributed by atoms with Gasteiger partial charge in [0.15, 0.2) is 0 Å². The van der Waals surface area contributed by atoms with Crippen molar-refractivity contribution in [3.8, 4) is 0 Å². The van der Waals surface area contributed by atoms with Gasteiger partial charge in [0.2, 0.25) is 0 Å². The van der Waals surface area contributed by atoms with Crippen molar-refractivity contribution in [2.45, 2.75) is 33.6 Å². The first-order valence-corrected chi connectivity index (χ1v) is 9.98. The number of carbonyl (C=O) groups is 2. The number of aryl methyl sites for hydroxylation is 2. The molecule has 4 heteroatoms. The summed E-state index contributed by atoms with van der Waals surface area (Å²) in [5.41, 5.74) is 4.61. The number of amides is 2. The molecule has 144 valence electrons. The minimum absolute atomic E-state index is 0.204. The van der Waals surface area contributed by atoms with Crippen LogP contribution in [-0.2, 0) is 9.59 Å². The molecule has 4 rings (SSSR count). The lowest BCUT2D eigenvalue weighted by Crippen LogP contribution is -2.39. The van der Waals surface area contributed by atoms with Gasteiger partial charge < -0.3 is 4.90 Å². The molecule has 0 saturated carbocycles. The molecule has 0 aromatic heterocycles. The van der Waals surface area contributed by atoms with Crippen LogP contribution < -0.4 is 4.90 Å². The fourth-order valence-corrected chi connectivity index (χ4v) is 4.34. The van der Waals surface area contributed by atoms with E-state index in [4.69, 9.17) is 0 Å². The lowest BCUT2D eigenvalue weighted by atomic mass is 9.98. The van der Waals surface area contributed by atoms with Crippen LogP contribution in [0.2, 0.25) is 0 Å². The van der Waals surface area contributed by atoms with Crippen molar-refractivity contribution in [2.75, 3.05) is 18.0 Å². The van der Waals surface area contributed by atoms with Gasteiger partial charge in [0.1, 0.15) is 5.70 Å². The van der Waals surface area contributed by atoms with E-state index >= 15 is 0 Å². The molecule has 1 atom stereocenters. The van der Waals surface area contributed by atoms with E-state index in [-0.39, 0.29) is 11.8 Å². The van der Waals surface area contributed by atoms with Gasteiger partial charge in [0.05, 0.1) is 11.3 Å². The van der Waals surface area contributed by atoms with Crippen LogP contribution in [-0.4, -0.2) is 29.8 Å². The zero-order chi connectivity index (χ0) is 19.8. The van der Waals surface area contributed by atoms with E-state index in [1.807, 2.05) is 62.4 Å². The Balaban J connectivity index is 1.84. The van der Waals surface area contributed by atoms with Gasteiger partial charge in [0, 0.05) is 13.1 Å². The second-order valence-corrected chi connectivity index (χ2v) is 8.02. The summed E-state index contributed by atoms with van der Waals surface area (Å²) in [5, 5.41) is 0. The van der Waals surface area contributed by atoms with Crippen LogP contribution in [0.25, 0.3) is 5.57 Å². The van der Waals surface area contributed by atoms with Gasteiger partial charge in [-0.1, -0.05) is 55.0 Å². The fraction of sp³-hybridized carbons (Fsp3) is 0.333. The topological polar surface area (TPSA) is 40.6 Å². The molecule has 1 saturated heterocycles. The Hall–Kier alpha value is -2.88. The van der Waals surface area contributed by atoms with Gasteiger partial charge in [-0.05, 0) is 49.8 Å². The molecule has 0 N–H and O–H groups in total. The average Bonchev–Trinajstić information content (AvgIpc) is 2.93. The highest BCUT2D eigenvalue weighted by atomic mass is 16.2. The summed E-state index contributed by atoms with van der Waals surface area (Å²) >= 11 is 0. The van der Waals surface area contributed by atoms with Gasteiger partial charge in [-0.15, -0.1) is 0 Å². The van der Waals surface area contributed by atoms with Gasteiger partial charge >= 0.3 is 0 Å². The Morgan fingerprint density at radius 1 is 0.964 bits per heavy atom. The summed E-state index contributed by atoms with van der Waals surface area (Å²) < 4.78 is 0. The van der Waals surface area contributed by atoms with E-state index in [2.05, 4.69) is 11.8 Å². The number of rotatable bonds is 3. The predicted octanol–water partition coefficient (Wildman–Crippen LogP) is 4.32. The third kappa shape index (κ3) is 3.13. The number of benzene rings is 2. The van der Waals surface area contributed by atoms with Gasteiger partial charge in [-0.3, -0.25) is 9.59 Å². The maximum atomic E-state index is 13.5. The predicted molar refractivity (Wildman–Crippen MR) is 112 cm³/mol. The molecule has 0 aliphatic carbocycles. The number of hydrogen-bond donors (Lipinski definition) is 0. The van der Waals surface area contributed by atoms with Crippen molar-refractivity contribution in [1.29, 1.82) is 0 Å². The highest BCUT2D eigenvalue weighted by Gasteiger charge is 2.43. The Morgan fingerprint density at radius 3 is 2.39 bits per heavy atom. The van der Waals surface area contributed by atoms with Crippen LogP contribution in [0.1, 0.15) is 36.5 Å². The van der Waals surface area contributed by atoms with Crippen LogP contribution in [0.15, 0.2) is 54.2 Å². The molecule has 2 aliphatic heterocycles. The summed E-state index contributed by atoms with van der Waals surface area (Å²) in [5.74, 6) is 0.0811. The molecular weight excluding hydrogens is 348 g/mol. The van der Waals surface area contributed by atoms with Crippen molar-refractivity contribution in [2.24, 2.45) is 5.92 Å². The lowest BCUT2D eigenvalue weighted by Gasteiger charge is -2.33. The number of imide groups is 1. The molecule has 28 heavy (non-hydrogen) atoms. The molecule has 0 radical (unpaired) electrons. The third-order valence-electron chi connectivity index (χ3n) is 5.69. The van der Waals surface area contributed by atoms with E-state index in [0.717, 1.165) is 42.6 Å². The minimum Gasteiger partial charge on any atom is -0.366 e. The molecule has 2 aliphatic rings. The summed E-state index contributed by atoms with van der Waals surface area (Å²) in [7, 11) is 0. The highest BCUT2D eigenvalue weighted by molar-refractivity contribution is 6.45. The maximum absolute atomic E-state index is 13.5. The summed E-state index contributed by atoms with van der Waals surface area (Å²) in [6.45, 7) is 7.80. The summed E-state index contributed by atoms with van der Waals surface area (Å²) in [6.07, 6.45) is 2.20. The van der Waals surface area contributed by atoms with Crippen molar-refractivity contribution in [3.63, 3.8) is 0 Å². The molecule has 2 aromatic carbocycles. The van der Waals surface area contributed by atoms with E-state index in [1.165, 1.54) is 4.90 Å². The number of hydrogen-bond acceptors (Lipinski definition) is 3. The van der Waals surface area contributed by atoms with E-state index < -0.39 is 0 Å². The molecule has 0 bridgehead atoms. The van der Waals surface area contributed by atoms with Crippen LogP contribution >= 0.6 is 0 Å². The molecule has 2 heterocycles. The maximum Gasteiger partial charge on any atom is 0.282 e. The summed E-state index contributed by atoms with van der Waals surface area (Å²) in [4.78, 5) is 30.5. The van der Waals surface area contributed by atoms with Crippen molar-refractivity contribution in [1.82, 2.24) is 4.90 Å². The highest BCUT2D eigenvalue weighted by Crippen LogP contribution is 2.37. The Bertz CT molecular complexity index is 962. The van der Waals surface area contributed by atoms with Crippen LogP contribution in [0.3, 0.4) is 0 Å². The smallest absolute Gasteiger partial charge is 0.282 e. The minimum atomic E-state index is -0.226. The first-order valence-electron chi connectivity index (χ1n) is 9.98. The van der Waals surface area contributed by atoms with Crippen molar-refractivity contribution < 1.29 is 9.59 Å². The third-order valence-corrected chi connectivity index (χ3v) is 5.69. The molecular formula is C24H26N2O2. The molecule has 1 fully saturated rings. The van der Waals surface area contributed by atoms with Gasteiger partial charge in [0.25, 0.3) is 11.8 Å². The second-order valence-electron chi connectivity index (χ2n) is 8.02. The Morgan fingerprint density at radius 2 is 1.71 bits per heavy atom. The molecule has 4 nitrogen and oxygen atoms in total. The van der Waals surface area contributed by atoms with Gasteiger partial charge in [-0.25, -0.2) is 4.90 Å². The average molecular weight is 374 g/mol. The number of piperidine rings is 1. The largest absolute Gasteiger partial charge is 0.366 e. The Labute approximate surface area is 166 Å². The zero-order valence-electron chi connectivity index (χ0n) is 16.7. The first-order chi connectivity index (χ1) is 13.5. The number of nitrogens with zero attached hydrogens (tertiary/aromatic N) is 2. The van der Waals surface area contributed by atoms with E-state index in [1.54, 1.807) is 0 Å². The molecule has 2 amide bonds. The normalized spacial score (nSPS) is 20.3. The first kappa shape index (κ1) is 18.5. The van der Waals surface area contributed by atoms with E-state index in [9.17, 15) is 9.59 Å². The molecule has 2 aromatic rings. The number of anilines is 1. The fourth-order valence-electron chi connectivity index (χ4n) is 4.34. The number of carbonyl (C=O) groups excluding carboxylic acids is 2.